The van der Waals surface area contributed by atoms with Crippen molar-refractivity contribution < 1.29 is 0 Å². The van der Waals surface area contributed by atoms with E-state index in [0.29, 0.717) is 12.1 Å². The number of aryl methyl sites for hydroxylation is 1. The van der Waals surface area contributed by atoms with E-state index in [9.17, 15) is 0 Å². The zero-order valence-electron chi connectivity index (χ0n) is 17.3. The highest BCUT2D eigenvalue weighted by atomic mass is 15.2. The normalized spacial score (nSPS) is 23.9. The van der Waals surface area contributed by atoms with Crippen molar-refractivity contribution >= 4 is 27.5 Å². The Balaban J connectivity index is 1.62. The molecule has 3 heterocycles. The maximum atomic E-state index is 2.76. The molecular formula is C27H28N2. The lowest BCUT2D eigenvalue weighted by Crippen LogP contribution is -2.54. The molecule has 0 amide bonds. The number of benzene rings is 3. The van der Waals surface area contributed by atoms with Crippen molar-refractivity contribution in [2.75, 3.05) is 4.90 Å². The van der Waals surface area contributed by atoms with E-state index in [1.54, 1.807) is 0 Å². The van der Waals surface area contributed by atoms with Gasteiger partial charge in [-0.3, -0.25) is 0 Å². The molecule has 0 spiro atoms. The Hall–Kier alpha value is -2.74. The molecule has 29 heavy (non-hydrogen) atoms. The summed E-state index contributed by atoms with van der Waals surface area (Å²) in [7, 11) is 0. The summed E-state index contributed by atoms with van der Waals surface area (Å²) in [6, 6.07) is 25.9. The van der Waals surface area contributed by atoms with Crippen molar-refractivity contribution in [3.8, 4) is 5.69 Å². The maximum absolute atomic E-state index is 2.76. The standard InChI is InChI=1S/C27H28N2/c1-18-16-27-24(17-26(18)28-19(2)20-12-14-22(28)15-13-20)23-10-6-7-11-25(23)29(27)21-8-4-3-5-9-21/h3-11,16-17,19-20,22H,12-15H2,1-2H3. The fourth-order valence-corrected chi connectivity index (χ4v) is 6.08. The van der Waals surface area contributed by atoms with E-state index in [4.69, 9.17) is 0 Å². The minimum absolute atomic E-state index is 0.654. The summed E-state index contributed by atoms with van der Waals surface area (Å²) < 4.78 is 2.42. The van der Waals surface area contributed by atoms with Crippen LogP contribution in [-0.4, -0.2) is 16.7 Å². The van der Waals surface area contributed by atoms with Gasteiger partial charge in [0.25, 0.3) is 0 Å². The van der Waals surface area contributed by atoms with Gasteiger partial charge < -0.3 is 9.47 Å². The fourth-order valence-electron chi connectivity index (χ4n) is 6.08. The molecule has 3 fully saturated rings. The molecule has 1 saturated carbocycles. The van der Waals surface area contributed by atoms with Crippen LogP contribution in [0.1, 0.15) is 38.2 Å². The molecule has 2 heteroatoms. The highest BCUT2D eigenvalue weighted by Gasteiger charge is 2.39. The molecule has 2 nitrogen and oxygen atoms in total. The van der Waals surface area contributed by atoms with E-state index >= 15 is 0 Å². The summed E-state index contributed by atoms with van der Waals surface area (Å²) in [5.74, 6) is 0.862. The van der Waals surface area contributed by atoms with Crippen molar-refractivity contribution in [3.05, 3.63) is 72.3 Å². The van der Waals surface area contributed by atoms with E-state index in [1.807, 2.05) is 0 Å². The second kappa shape index (κ2) is 6.38. The molecular weight excluding hydrogens is 352 g/mol. The quantitative estimate of drug-likeness (QED) is 0.369. The number of para-hydroxylation sites is 2. The minimum atomic E-state index is 0.654. The van der Waals surface area contributed by atoms with E-state index in [2.05, 4.69) is 90.0 Å². The van der Waals surface area contributed by atoms with E-state index in [-0.39, 0.29) is 0 Å². The summed E-state index contributed by atoms with van der Waals surface area (Å²) in [4.78, 5) is 2.76. The predicted octanol–water partition coefficient (Wildman–Crippen LogP) is 6.86. The molecule has 3 aliphatic rings. The molecule has 2 bridgehead atoms. The van der Waals surface area contributed by atoms with E-state index in [1.165, 1.54) is 64.4 Å². The maximum Gasteiger partial charge on any atom is 0.0545 e. The SMILES string of the molecule is Cc1cc2c(cc1N1C3CCC(CC3)C1C)c1ccccc1n2-c1ccccc1. The van der Waals surface area contributed by atoms with Gasteiger partial charge in [-0.05, 0) is 81.3 Å². The Labute approximate surface area is 172 Å². The monoisotopic (exact) mass is 380 g/mol. The summed E-state index contributed by atoms with van der Waals surface area (Å²) >= 11 is 0. The molecule has 2 aliphatic heterocycles. The summed E-state index contributed by atoms with van der Waals surface area (Å²) in [6.45, 7) is 4.75. The van der Waals surface area contributed by atoms with Crippen LogP contribution in [0, 0.1) is 12.8 Å². The highest BCUT2D eigenvalue weighted by Crippen LogP contribution is 2.45. The lowest BCUT2D eigenvalue weighted by molar-refractivity contribution is 0.200. The lowest BCUT2D eigenvalue weighted by Gasteiger charge is -2.52. The predicted molar refractivity (Wildman–Crippen MR) is 123 cm³/mol. The third-order valence-electron chi connectivity index (χ3n) is 7.54. The average Bonchev–Trinajstić information content (AvgIpc) is 3.08. The number of aromatic nitrogens is 1. The smallest absolute Gasteiger partial charge is 0.0545 e. The molecule has 1 aromatic heterocycles. The number of nitrogens with zero attached hydrogens (tertiary/aromatic N) is 2. The van der Waals surface area contributed by atoms with Crippen LogP contribution >= 0.6 is 0 Å². The molecule has 2 saturated heterocycles. The van der Waals surface area contributed by atoms with Gasteiger partial charge in [0.15, 0.2) is 0 Å². The molecule has 7 rings (SSSR count). The first-order valence-electron chi connectivity index (χ1n) is 11.1. The van der Waals surface area contributed by atoms with E-state index in [0.717, 1.165) is 5.92 Å². The van der Waals surface area contributed by atoms with Gasteiger partial charge in [0.05, 0.1) is 11.0 Å². The number of fused-ring (bicyclic) bond motifs is 6. The van der Waals surface area contributed by atoms with Gasteiger partial charge >= 0.3 is 0 Å². The molecule has 1 aliphatic carbocycles. The summed E-state index contributed by atoms with van der Waals surface area (Å²) in [5.41, 5.74) is 6.69. The first kappa shape index (κ1) is 17.1. The molecule has 3 aromatic carbocycles. The van der Waals surface area contributed by atoms with Gasteiger partial charge in [0, 0.05) is 34.2 Å². The van der Waals surface area contributed by atoms with Crippen LogP contribution in [0.3, 0.4) is 0 Å². The number of hydrogen-bond donors (Lipinski definition) is 0. The number of anilines is 1. The second-order valence-corrected chi connectivity index (χ2v) is 9.06. The van der Waals surface area contributed by atoms with Crippen molar-refractivity contribution in [2.24, 2.45) is 5.92 Å². The van der Waals surface area contributed by atoms with Crippen LogP contribution in [-0.2, 0) is 0 Å². The third kappa shape index (κ3) is 2.48. The number of hydrogen-bond acceptors (Lipinski definition) is 1. The van der Waals surface area contributed by atoms with Gasteiger partial charge in [-0.25, -0.2) is 0 Å². The first-order valence-corrected chi connectivity index (χ1v) is 11.1. The Bertz CT molecular complexity index is 1190. The zero-order chi connectivity index (χ0) is 19.5. The van der Waals surface area contributed by atoms with Crippen LogP contribution in [0.5, 0.6) is 0 Å². The van der Waals surface area contributed by atoms with Crippen molar-refractivity contribution in [1.29, 1.82) is 0 Å². The van der Waals surface area contributed by atoms with Gasteiger partial charge in [-0.2, -0.15) is 0 Å². The minimum Gasteiger partial charge on any atom is -0.365 e. The molecule has 1 atom stereocenters. The van der Waals surface area contributed by atoms with Crippen LogP contribution in [0.25, 0.3) is 27.5 Å². The van der Waals surface area contributed by atoms with Crippen molar-refractivity contribution in [2.45, 2.75) is 51.6 Å². The molecule has 146 valence electrons. The third-order valence-corrected chi connectivity index (χ3v) is 7.54. The van der Waals surface area contributed by atoms with Gasteiger partial charge in [-0.1, -0.05) is 36.4 Å². The molecule has 0 N–H and O–H groups in total. The second-order valence-electron chi connectivity index (χ2n) is 9.06. The number of piperidine rings is 2. The number of rotatable bonds is 2. The van der Waals surface area contributed by atoms with Gasteiger partial charge in [0.2, 0.25) is 0 Å². The average molecular weight is 381 g/mol. The first-order chi connectivity index (χ1) is 14.2. The Kier molecular flexibility index (Phi) is 3.77. The molecule has 1 unspecified atom stereocenters. The van der Waals surface area contributed by atoms with E-state index < -0.39 is 0 Å². The Morgan fingerprint density at radius 1 is 0.759 bits per heavy atom. The Morgan fingerprint density at radius 2 is 1.48 bits per heavy atom. The molecule has 0 radical (unpaired) electrons. The van der Waals surface area contributed by atoms with Gasteiger partial charge in [-0.15, -0.1) is 0 Å². The molecule has 4 aromatic rings. The van der Waals surface area contributed by atoms with Gasteiger partial charge in [0.1, 0.15) is 0 Å². The van der Waals surface area contributed by atoms with Crippen LogP contribution < -0.4 is 4.90 Å². The summed E-state index contributed by atoms with van der Waals surface area (Å²) in [5, 5.41) is 2.72. The fraction of sp³-hybridized carbons (Fsp3) is 0.333. The highest BCUT2D eigenvalue weighted by molar-refractivity contribution is 6.10. The van der Waals surface area contributed by atoms with Crippen LogP contribution in [0.15, 0.2) is 66.7 Å². The van der Waals surface area contributed by atoms with Crippen LogP contribution in [0.4, 0.5) is 5.69 Å². The lowest BCUT2D eigenvalue weighted by atomic mass is 9.74. The topological polar surface area (TPSA) is 8.17 Å². The summed E-state index contributed by atoms with van der Waals surface area (Å²) in [6.07, 6.45) is 5.55. The largest absolute Gasteiger partial charge is 0.365 e. The Morgan fingerprint density at radius 3 is 2.24 bits per heavy atom. The van der Waals surface area contributed by atoms with Crippen LogP contribution in [0.2, 0.25) is 0 Å². The zero-order valence-corrected chi connectivity index (χ0v) is 17.3. The van der Waals surface area contributed by atoms with Crippen molar-refractivity contribution in [3.63, 3.8) is 0 Å². The van der Waals surface area contributed by atoms with Crippen molar-refractivity contribution in [1.82, 2.24) is 4.57 Å².